The molecule has 0 unspecified atom stereocenters. The molecule has 1 aromatic heterocycles. The maximum Gasteiger partial charge on any atom is 0.349 e. The third-order valence-electron chi connectivity index (χ3n) is 6.16. The average Bonchev–Trinajstić information content (AvgIpc) is 3.35. The molecule has 8 nitrogen and oxygen atoms in total. The Kier molecular flexibility index (Phi) is 5.52. The van der Waals surface area contributed by atoms with Gasteiger partial charge in [-0.05, 0) is 37.1 Å². The van der Waals surface area contributed by atoms with Crippen LogP contribution in [0, 0.1) is 5.92 Å². The van der Waals surface area contributed by atoms with E-state index >= 15 is 0 Å². The zero-order valence-electron chi connectivity index (χ0n) is 16.3. The number of amidine groups is 1. The minimum atomic E-state index is -3.84. The van der Waals surface area contributed by atoms with E-state index in [0.29, 0.717) is 18.8 Å². The van der Waals surface area contributed by atoms with Crippen molar-refractivity contribution in [3.63, 3.8) is 0 Å². The normalized spacial score (nSPS) is 23.1. The highest BCUT2D eigenvalue weighted by Gasteiger charge is 2.48. The number of methoxy groups -OCH3 is 1. The third-order valence-corrected chi connectivity index (χ3v) is 9.12. The molecule has 1 aliphatic carbocycles. The molecule has 4 rings (SSSR count). The predicted molar refractivity (Wildman–Crippen MR) is 109 cm³/mol. The zero-order chi connectivity index (χ0) is 20.6. The van der Waals surface area contributed by atoms with Crippen molar-refractivity contribution in [1.29, 1.82) is 0 Å². The van der Waals surface area contributed by atoms with E-state index in [4.69, 9.17) is 9.73 Å². The van der Waals surface area contributed by atoms with Gasteiger partial charge in [-0.2, -0.15) is 4.31 Å². The van der Waals surface area contributed by atoms with E-state index in [1.165, 1.54) is 23.9 Å². The van der Waals surface area contributed by atoms with E-state index < -0.39 is 21.5 Å². The molecule has 1 aromatic rings. The van der Waals surface area contributed by atoms with Gasteiger partial charge in [0.1, 0.15) is 21.1 Å². The number of carbonyl (C=O) groups is 2. The second-order valence-electron chi connectivity index (χ2n) is 7.83. The van der Waals surface area contributed by atoms with Gasteiger partial charge in [0.15, 0.2) is 0 Å². The molecule has 1 saturated carbocycles. The molecule has 0 atom stereocenters. The van der Waals surface area contributed by atoms with Gasteiger partial charge >= 0.3 is 5.97 Å². The third kappa shape index (κ3) is 3.62. The molecule has 0 aromatic carbocycles. The number of nitrogens with one attached hydrogen (secondary N) is 1. The molecule has 1 N–H and O–H groups in total. The van der Waals surface area contributed by atoms with Crippen LogP contribution in [0.25, 0.3) is 0 Å². The number of nitrogens with zero attached hydrogens (tertiary/aromatic N) is 2. The topological polar surface area (TPSA) is 105 Å². The van der Waals surface area contributed by atoms with Gasteiger partial charge in [0, 0.05) is 19.0 Å². The SMILES string of the molecule is COC(=O)c1sccc1S(=O)(=O)N1CCC2(CC1)N=C(C1CCCCC1)NC2=O. The van der Waals surface area contributed by atoms with Gasteiger partial charge < -0.3 is 10.1 Å². The van der Waals surface area contributed by atoms with Gasteiger partial charge in [0.2, 0.25) is 10.0 Å². The summed E-state index contributed by atoms with van der Waals surface area (Å²) in [5.41, 5.74) is -0.862. The smallest absolute Gasteiger partial charge is 0.349 e. The lowest BCUT2D eigenvalue weighted by molar-refractivity contribution is -0.125. The summed E-state index contributed by atoms with van der Waals surface area (Å²) in [4.78, 5) is 29.4. The standard InChI is InChI=1S/C19H25N3O5S2/c1-27-17(23)15-14(7-12-28-15)29(25,26)22-10-8-19(9-11-22)18(24)20-16(21-19)13-5-3-2-4-6-13/h7,12-13H,2-6,8-11H2,1H3,(H,20,21,24). The number of hydrogen-bond acceptors (Lipinski definition) is 7. The summed E-state index contributed by atoms with van der Waals surface area (Å²) in [7, 11) is -2.61. The fraction of sp³-hybridized carbons (Fsp3) is 0.632. The molecule has 2 fully saturated rings. The fourth-order valence-corrected chi connectivity index (χ4v) is 7.18. The zero-order valence-corrected chi connectivity index (χ0v) is 18.0. The molecule has 29 heavy (non-hydrogen) atoms. The first-order chi connectivity index (χ1) is 13.9. The molecule has 1 amide bonds. The van der Waals surface area contributed by atoms with Crippen LogP contribution in [0.15, 0.2) is 21.3 Å². The average molecular weight is 440 g/mol. The molecule has 1 spiro atoms. The number of thiophene rings is 1. The number of piperidine rings is 1. The summed E-state index contributed by atoms with van der Waals surface area (Å²) in [5.74, 6) is 0.323. The van der Waals surface area contributed by atoms with E-state index in [-0.39, 0.29) is 28.8 Å². The number of hydrogen-bond donors (Lipinski definition) is 1. The van der Waals surface area contributed by atoms with Crippen molar-refractivity contribution in [2.45, 2.75) is 55.4 Å². The molecule has 1 saturated heterocycles. The number of carbonyl (C=O) groups excluding carboxylic acids is 2. The van der Waals surface area contributed by atoms with Crippen LogP contribution in [0.2, 0.25) is 0 Å². The first-order valence-electron chi connectivity index (χ1n) is 9.94. The van der Waals surface area contributed by atoms with Gasteiger partial charge in [-0.15, -0.1) is 11.3 Å². The highest BCUT2D eigenvalue weighted by Crippen LogP contribution is 2.36. The number of esters is 1. The van der Waals surface area contributed by atoms with Crippen molar-refractivity contribution in [3.05, 3.63) is 16.3 Å². The van der Waals surface area contributed by atoms with Crippen LogP contribution >= 0.6 is 11.3 Å². The Morgan fingerprint density at radius 1 is 1.28 bits per heavy atom. The number of amides is 1. The van der Waals surface area contributed by atoms with E-state index in [2.05, 4.69) is 5.32 Å². The maximum absolute atomic E-state index is 13.1. The second kappa shape index (κ2) is 7.81. The number of sulfonamides is 1. The van der Waals surface area contributed by atoms with Crippen molar-refractivity contribution in [1.82, 2.24) is 9.62 Å². The quantitative estimate of drug-likeness (QED) is 0.724. The van der Waals surface area contributed by atoms with Crippen LogP contribution < -0.4 is 5.32 Å². The molecule has 3 aliphatic rings. The molecule has 158 valence electrons. The number of ether oxygens (including phenoxy) is 1. The van der Waals surface area contributed by atoms with Gasteiger partial charge in [0.25, 0.3) is 5.91 Å². The van der Waals surface area contributed by atoms with Crippen LogP contribution in [0.1, 0.15) is 54.6 Å². The Bertz CT molecular complexity index is 939. The number of rotatable bonds is 4. The first-order valence-corrected chi connectivity index (χ1v) is 12.3. The van der Waals surface area contributed by atoms with E-state index in [1.807, 2.05) is 0 Å². The Labute approximate surface area is 174 Å². The summed E-state index contributed by atoms with van der Waals surface area (Å²) >= 11 is 1.04. The maximum atomic E-state index is 13.1. The van der Waals surface area contributed by atoms with Crippen molar-refractivity contribution in [2.75, 3.05) is 20.2 Å². The lowest BCUT2D eigenvalue weighted by Gasteiger charge is -2.34. The summed E-state index contributed by atoms with van der Waals surface area (Å²) in [6.45, 7) is 0.376. The van der Waals surface area contributed by atoms with Crippen LogP contribution in [0.4, 0.5) is 0 Å². The summed E-state index contributed by atoms with van der Waals surface area (Å²) in [6.07, 6.45) is 6.31. The Morgan fingerprint density at radius 2 is 1.97 bits per heavy atom. The summed E-state index contributed by atoms with van der Waals surface area (Å²) < 4.78 is 32.2. The highest BCUT2D eigenvalue weighted by atomic mass is 32.2. The molecule has 0 bridgehead atoms. The first kappa shape index (κ1) is 20.5. The Balaban J connectivity index is 1.50. The molecule has 3 heterocycles. The largest absolute Gasteiger partial charge is 0.465 e. The van der Waals surface area contributed by atoms with Crippen LogP contribution in [0.3, 0.4) is 0 Å². The van der Waals surface area contributed by atoms with Crippen LogP contribution in [0.5, 0.6) is 0 Å². The van der Waals surface area contributed by atoms with Crippen LogP contribution in [-0.4, -0.2) is 56.2 Å². The second-order valence-corrected chi connectivity index (χ2v) is 10.6. The van der Waals surface area contributed by atoms with Crippen molar-refractivity contribution >= 4 is 39.1 Å². The van der Waals surface area contributed by atoms with E-state index in [1.54, 1.807) is 5.38 Å². The molecular formula is C19H25N3O5S2. The van der Waals surface area contributed by atoms with E-state index in [9.17, 15) is 18.0 Å². The minimum absolute atomic E-state index is 0.0347. The molecule has 2 aliphatic heterocycles. The van der Waals surface area contributed by atoms with Crippen LogP contribution in [-0.2, 0) is 19.6 Å². The van der Waals surface area contributed by atoms with Crippen molar-refractivity contribution in [2.24, 2.45) is 10.9 Å². The monoisotopic (exact) mass is 439 g/mol. The summed E-state index contributed by atoms with van der Waals surface area (Å²) in [6, 6.07) is 1.43. The number of aliphatic imine (C=N–C) groups is 1. The highest BCUT2D eigenvalue weighted by molar-refractivity contribution is 7.89. The molecular weight excluding hydrogens is 414 g/mol. The fourth-order valence-electron chi connectivity index (χ4n) is 4.43. The van der Waals surface area contributed by atoms with Gasteiger partial charge in [-0.3, -0.25) is 9.79 Å². The molecule has 0 radical (unpaired) electrons. The van der Waals surface area contributed by atoms with Crippen molar-refractivity contribution in [3.8, 4) is 0 Å². The lowest BCUT2D eigenvalue weighted by atomic mass is 9.88. The van der Waals surface area contributed by atoms with E-state index in [0.717, 1.165) is 42.9 Å². The van der Waals surface area contributed by atoms with Gasteiger partial charge in [-0.1, -0.05) is 19.3 Å². The molecule has 10 heteroatoms. The Morgan fingerprint density at radius 3 is 2.62 bits per heavy atom. The van der Waals surface area contributed by atoms with Gasteiger partial charge in [0.05, 0.1) is 7.11 Å². The van der Waals surface area contributed by atoms with Gasteiger partial charge in [-0.25, -0.2) is 13.2 Å². The van der Waals surface area contributed by atoms with Crippen molar-refractivity contribution < 1.29 is 22.7 Å². The minimum Gasteiger partial charge on any atom is -0.465 e. The predicted octanol–water partition coefficient (Wildman–Crippen LogP) is 2.17. The summed E-state index contributed by atoms with van der Waals surface area (Å²) in [5, 5.41) is 4.55. The lowest BCUT2D eigenvalue weighted by Crippen LogP contribution is -2.50. The Hall–Kier alpha value is -1.78.